The van der Waals surface area contributed by atoms with Crippen molar-refractivity contribution >= 4 is 0 Å². The Bertz CT molecular complexity index is 221. The molecule has 0 aliphatic heterocycles. The lowest BCUT2D eigenvalue weighted by molar-refractivity contribution is 0.248. The molecule has 0 bridgehead atoms. The van der Waals surface area contributed by atoms with Crippen molar-refractivity contribution in [2.75, 3.05) is 6.61 Å². The van der Waals surface area contributed by atoms with Crippen molar-refractivity contribution in [3.8, 4) is 0 Å². The molecule has 16 heavy (non-hydrogen) atoms. The first-order valence-corrected chi connectivity index (χ1v) is 6.98. The van der Waals surface area contributed by atoms with Gasteiger partial charge in [0.05, 0.1) is 0 Å². The number of allylic oxidation sites excluding steroid dienone is 2. The van der Waals surface area contributed by atoms with Crippen molar-refractivity contribution in [3.05, 3.63) is 12.2 Å². The fourth-order valence-electron chi connectivity index (χ4n) is 2.85. The first-order chi connectivity index (χ1) is 7.70. The molecule has 0 unspecified atom stereocenters. The largest absolute Gasteiger partial charge is 0.396 e. The molecule has 0 amide bonds. The van der Waals surface area contributed by atoms with Crippen LogP contribution >= 0.6 is 0 Å². The van der Waals surface area contributed by atoms with E-state index < -0.39 is 0 Å². The molecular weight excluding hydrogens is 196 g/mol. The normalized spacial score (nSPS) is 33.5. The number of aliphatic hydroxyl groups excluding tert-OH is 1. The highest BCUT2D eigenvalue weighted by molar-refractivity contribution is 5.15. The van der Waals surface area contributed by atoms with Gasteiger partial charge in [-0.1, -0.05) is 58.6 Å². The fourth-order valence-corrected chi connectivity index (χ4v) is 2.85. The number of hydrogen-bond donors (Lipinski definition) is 1. The standard InChI is InChI=1S/C15H28O/c1-4-6-8-9-10-13-14(12-16)15(13,3)11-7-5-2/h9-10,13-14,16H,4-8,11-12H2,1-3H3/b10-9+/t13-,14+,15+/m1/s1. The molecule has 0 spiro atoms. The molecule has 0 saturated heterocycles. The van der Waals surface area contributed by atoms with E-state index >= 15 is 0 Å². The van der Waals surface area contributed by atoms with Crippen molar-refractivity contribution in [2.45, 2.75) is 59.3 Å². The van der Waals surface area contributed by atoms with Crippen molar-refractivity contribution in [3.63, 3.8) is 0 Å². The SMILES string of the molecule is CCCC/C=C/[C@@H]1[C@H](CO)[C@@]1(C)CCCC. The van der Waals surface area contributed by atoms with E-state index in [1.807, 2.05) is 0 Å². The number of unbranched alkanes of at least 4 members (excludes halogenated alkanes) is 3. The molecule has 94 valence electrons. The van der Waals surface area contributed by atoms with E-state index in [1.54, 1.807) is 0 Å². The lowest BCUT2D eigenvalue weighted by atomic mass is 9.97. The van der Waals surface area contributed by atoms with Crippen LogP contribution in [0.25, 0.3) is 0 Å². The minimum atomic E-state index is 0.364. The van der Waals surface area contributed by atoms with Crippen LogP contribution in [-0.4, -0.2) is 11.7 Å². The third-order valence-corrected chi connectivity index (χ3v) is 4.27. The summed E-state index contributed by atoms with van der Waals surface area (Å²) >= 11 is 0. The smallest absolute Gasteiger partial charge is 0.0470 e. The molecule has 1 saturated carbocycles. The van der Waals surface area contributed by atoms with Crippen molar-refractivity contribution in [1.29, 1.82) is 0 Å². The van der Waals surface area contributed by atoms with E-state index in [4.69, 9.17) is 0 Å². The third kappa shape index (κ3) is 3.10. The molecule has 0 heterocycles. The number of hydrogen-bond acceptors (Lipinski definition) is 1. The lowest BCUT2D eigenvalue weighted by Gasteiger charge is -2.09. The van der Waals surface area contributed by atoms with Gasteiger partial charge >= 0.3 is 0 Å². The maximum Gasteiger partial charge on any atom is 0.0470 e. The molecule has 1 rings (SSSR count). The minimum absolute atomic E-state index is 0.364. The fraction of sp³-hybridized carbons (Fsp3) is 0.867. The molecule has 1 aliphatic rings. The van der Waals surface area contributed by atoms with Gasteiger partial charge in [-0.15, -0.1) is 0 Å². The summed E-state index contributed by atoms with van der Waals surface area (Å²) in [6.07, 6.45) is 12.3. The van der Waals surface area contributed by atoms with Gasteiger partial charge in [0.25, 0.3) is 0 Å². The monoisotopic (exact) mass is 224 g/mol. The van der Waals surface area contributed by atoms with Crippen LogP contribution in [0.15, 0.2) is 12.2 Å². The highest BCUT2D eigenvalue weighted by Crippen LogP contribution is 2.61. The van der Waals surface area contributed by atoms with E-state index in [0.29, 0.717) is 23.9 Å². The van der Waals surface area contributed by atoms with E-state index in [9.17, 15) is 5.11 Å². The minimum Gasteiger partial charge on any atom is -0.396 e. The maximum atomic E-state index is 9.38. The van der Waals surface area contributed by atoms with Crippen LogP contribution in [0.1, 0.15) is 59.3 Å². The zero-order valence-corrected chi connectivity index (χ0v) is 11.2. The summed E-state index contributed by atoms with van der Waals surface area (Å²) in [4.78, 5) is 0. The number of rotatable bonds is 8. The van der Waals surface area contributed by atoms with Crippen molar-refractivity contribution in [1.82, 2.24) is 0 Å². The molecule has 0 radical (unpaired) electrons. The van der Waals surface area contributed by atoms with Crippen LogP contribution < -0.4 is 0 Å². The molecule has 1 aliphatic carbocycles. The predicted molar refractivity (Wildman–Crippen MR) is 70.4 cm³/mol. The average molecular weight is 224 g/mol. The topological polar surface area (TPSA) is 20.2 Å². The summed E-state index contributed by atoms with van der Waals surface area (Å²) < 4.78 is 0. The Balaban J connectivity index is 2.38. The van der Waals surface area contributed by atoms with Crippen LogP contribution in [0.3, 0.4) is 0 Å². The second-order valence-corrected chi connectivity index (χ2v) is 5.49. The van der Waals surface area contributed by atoms with Gasteiger partial charge in [-0.25, -0.2) is 0 Å². The summed E-state index contributed by atoms with van der Waals surface area (Å²) in [6.45, 7) is 7.18. The van der Waals surface area contributed by atoms with Gasteiger partial charge in [0.15, 0.2) is 0 Å². The summed E-state index contributed by atoms with van der Waals surface area (Å²) in [5.74, 6) is 1.16. The molecule has 0 aromatic carbocycles. The van der Waals surface area contributed by atoms with Gasteiger partial charge in [-0.05, 0) is 30.1 Å². The summed E-state index contributed by atoms with van der Waals surface area (Å²) in [5.41, 5.74) is 0.396. The molecule has 1 heteroatoms. The number of aliphatic hydroxyl groups is 1. The van der Waals surface area contributed by atoms with Gasteiger partial charge in [0, 0.05) is 6.61 Å². The van der Waals surface area contributed by atoms with Crippen LogP contribution in [0.4, 0.5) is 0 Å². The second kappa shape index (κ2) is 6.44. The van der Waals surface area contributed by atoms with Crippen molar-refractivity contribution < 1.29 is 5.11 Å². The zero-order chi connectivity index (χ0) is 12.0. The first-order valence-electron chi connectivity index (χ1n) is 6.98. The quantitative estimate of drug-likeness (QED) is 0.484. The van der Waals surface area contributed by atoms with Crippen molar-refractivity contribution in [2.24, 2.45) is 17.3 Å². The molecule has 0 aromatic rings. The molecule has 1 N–H and O–H groups in total. The highest BCUT2D eigenvalue weighted by atomic mass is 16.3. The molecule has 0 aromatic heterocycles. The third-order valence-electron chi connectivity index (χ3n) is 4.27. The van der Waals surface area contributed by atoms with Crippen LogP contribution in [0, 0.1) is 17.3 Å². The van der Waals surface area contributed by atoms with Crippen LogP contribution in [0.2, 0.25) is 0 Å². The zero-order valence-electron chi connectivity index (χ0n) is 11.2. The predicted octanol–water partition coefficient (Wildman–Crippen LogP) is 4.17. The lowest BCUT2D eigenvalue weighted by Crippen LogP contribution is -2.01. The summed E-state index contributed by atoms with van der Waals surface area (Å²) in [6, 6.07) is 0. The van der Waals surface area contributed by atoms with Gasteiger partial charge in [-0.3, -0.25) is 0 Å². The molecular formula is C15H28O. The van der Waals surface area contributed by atoms with Gasteiger partial charge < -0.3 is 5.11 Å². The Morgan fingerprint density at radius 1 is 1.19 bits per heavy atom. The Morgan fingerprint density at radius 3 is 2.44 bits per heavy atom. The van der Waals surface area contributed by atoms with E-state index in [0.717, 1.165) is 0 Å². The van der Waals surface area contributed by atoms with Crippen LogP contribution in [0.5, 0.6) is 0 Å². The second-order valence-electron chi connectivity index (χ2n) is 5.49. The Hall–Kier alpha value is -0.300. The summed E-state index contributed by atoms with van der Waals surface area (Å²) in [7, 11) is 0. The van der Waals surface area contributed by atoms with Gasteiger partial charge in [0.1, 0.15) is 0 Å². The van der Waals surface area contributed by atoms with Crippen LogP contribution in [-0.2, 0) is 0 Å². The maximum absolute atomic E-state index is 9.38. The highest BCUT2D eigenvalue weighted by Gasteiger charge is 2.57. The van der Waals surface area contributed by atoms with E-state index in [2.05, 4.69) is 32.9 Å². The van der Waals surface area contributed by atoms with E-state index in [-0.39, 0.29) is 0 Å². The van der Waals surface area contributed by atoms with Gasteiger partial charge in [0.2, 0.25) is 0 Å². The Labute approximate surface area is 101 Å². The summed E-state index contributed by atoms with van der Waals surface area (Å²) in [5, 5.41) is 9.38. The molecule has 3 atom stereocenters. The Kier molecular flexibility index (Phi) is 5.54. The first kappa shape index (κ1) is 13.8. The Morgan fingerprint density at radius 2 is 1.88 bits per heavy atom. The van der Waals surface area contributed by atoms with Gasteiger partial charge in [-0.2, -0.15) is 0 Å². The molecule has 1 nitrogen and oxygen atoms in total. The van der Waals surface area contributed by atoms with E-state index in [1.165, 1.54) is 38.5 Å². The molecule has 1 fully saturated rings. The average Bonchev–Trinajstić information content (AvgIpc) is 2.86.